The van der Waals surface area contributed by atoms with E-state index in [0.29, 0.717) is 11.5 Å². The van der Waals surface area contributed by atoms with Crippen LogP contribution in [0.25, 0.3) is 21.1 Å². The molecule has 34 heavy (non-hydrogen) atoms. The number of hydrogen-bond acceptors (Lipinski definition) is 10. The number of aliphatic hydroxyl groups excluding tert-OH is 1. The Morgan fingerprint density at radius 3 is 1.97 bits per heavy atom. The summed E-state index contributed by atoms with van der Waals surface area (Å²) < 4.78 is 9.84. The van der Waals surface area contributed by atoms with E-state index in [1.54, 1.807) is 44.1 Å². The molecule has 0 aliphatic carbocycles. The van der Waals surface area contributed by atoms with Crippen LogP contribution in [0.1, 0.15) is 34.3 Å². The zero-order valence-corrected chi connectivity index (χ0v) is 20.4. The lowest BCUT2D eigenvalue weighted by atomic mass is 10.3. The molecule has 1 saturated heterocycles. The van der Waals surface area contributed by atoms with Gasteiger partial charge in [0.15, 0.2) is 0 Å². The Balaban J connectivity index is 0.000000161. The molecule has 0 aromatic carbocycles. The Morgan fingerprint density at radius 2 is 1.50 bits per heavy atom. The van der Waals surface area contributed by atoms with Crippen LogP contribution in [0, 0.1) is 0 Å². The molecule has 0 spiro atoms. The second-order valence-electron chi connectivity index (χ2n) is 6.83. The summed E-state index contributed by atoms with van der Waals surface area (Å²) in [6.45, 7) is 4.22. The van der Waals surface area contributed by atoms with Crippen LogP contribution < -0.4 is 0 Å². The third kappa shape index (κ3) is 8.07. The van der Waals surface area contributed by atoms with Crippen LogP contribution in [0.2, 0.25) is 0 Å². The van der Waals surface area contributed by atoms with Crippen LogP contribution in [0.15, 0.2) is 61.4 Å². The van der Waals surface area contributed by atoms with Crippen molar-refractivity contribution in [3.8, 4) is 21.1 Å². The van der Waals surface area contributed by atoms with E-state index in [9.17, 15) is 4.79 Å². The van der Waals surface area contributed by atoms with Gasteiger partial charge in [0.25, 0.3) is 0 Å². The number of esters is 1. The number of thiazole rings is 2. The summed E-state index contributed by atoms with van der Waals surface area (Å²) in [6.07, 6.45) is 12.6. The van der Waals surface area contributed by atoms with Crippen molar-refractivity contribution in [3.63, 3.8) is 0 Å². The molecule has 1 aliphatic heterocycles. The average molecular weight is 499 g/mol. The van der Waals surface area contributed by atoms with Gasteiger partial charge in [0, 0.05) is 55.3 Å². The van der Waals surface area contributed by atoms with Gasteiger partial charge in [-0.1, -0.05) is 0 Å². The van der Waals surface area contributed by atoms with E-state index in [1.165, 1.54) is 35.5 Å². The van der Waals surface area contributed by atoms with Crippen LogP contribution in [-0.4, -0.2) is 50.8 Å². The van der Waals surface area contributed by atoms with E-state index in [-0.39, 0.29) is 12.6 Å². The molecule has 0 bridgehead atoms. The minimum Gasteiger partial charge on any atom is -0.462 e. The first-order valence-corrected chi connectivity index (χ1v) is 12.4. The molecular formula is C24H26N4O4S2. The summed E-state index contributed by atoms with van der Waals surface area (Å²) in [4.78, 5) is 29.0. The van der Waals surface area contributed by atoms with E-state index >= 15 is 0 Å². The predicted octanol–water partition coefficient (Wildman–Crippen LogP) is 4.88. The standard InChI is InChI=1S/C11H10N2O2S.C9H8N2OS.C4H8O/c1-2-15-11(14)9-7-13-10(16-9)8-3-5-12-6-4-8;12-6-8-5-11-9(13-8)7-1-3-10-4-2-7;1-2-4-5-3-1/h3-7H,2H2,1H3;1-5,12H,6H2;1-4H2. The maximum atomic E-state index is 11.4. The van der Waals surface area contributed by atoms with Crippen LogP contribution in [-0.2, 0) is 16.1 Å². The fourth-order valence-corrected chi connectivity index (χ4v) is 4.31. The number of pyridine rings is 2. The van der Waals surface area contributed by atoms with E-state index in [2.05, 4.69) is 19.9 Å². The van der Waals surface area contributed by atoms with Crippen molar-refractivity contribution in [2.45, 2.75) is 26.4 Å². The molecule has 10 heteroatoms. The molecule has 5 rings (SSSR count). The highest BCUT2D eigenvalue weighted by atomic mass is 32.1. The van der Waals surface area contributed by atoms with Crippen molar-refractivity contribution in [3.05, 3.63) is 71.2 Å². The SMILES string of the molecule is C1CCOC1.CCOC(=O)c1cnc(-c2ccncc2)s1.OCc1cnc(-c2ccncc2)s1. The Morgan fingerprint density at radius 1 is 0.941 bits per heavy atom. The molecule has 0 atom stereocenters. The van der Waals surface area contributed by atoms with Gasteiger partial charge >= 0.3 is 5.97 Å². The molecule has 8 nitrogen and oxygen atoms in total. The second-order valence-corrected chi connectivity index (χ2v) is 8.98. The minimum absolute atomic E-state index is 0.0583. The lowest BCUT2D eigenvalue weighted by molar-refractivity contribution is 0.0532. The molecule has 4 aromatic heterocycles. The highest BCUT2D eigenvalue weighted by molar-refractivity contribution is 7.16. The summed E-state index contributed by atoms with van der Waals surface area (Å²) in [5.41, 5.74) is 2.00. The van der Waals surface area contributed by atoms with E-state index in [1.807, 2.05) is 24.3 Å². The summed E-state index contributed by atoms with van der Waals surface area (Å²) in [7, 11) is 0. The fraction of sp³-hybridized carbons (Fsp3) is 0.292. The number of hydrogen-bond donors (Lipinski definition) is 1. The quantitative estimate of drug-likeness (QED) is 0.388. The van der Waals surface area contributed by atoms with Crippen molar-refractivity contribution < 1.29 is 19.4 Å². The Labute approximate surface area is 206 Å². The second kappa shape index (κ2) is 14.3. The maximum absolute atomic E-state index is 11.4. The maximum Gasteiger partial charge on any atom is 0.349 e. The molecule has 178 valence electrons. The third-order valence-corrected chi connectivity index (χ3v) is 6.43. The van der Waals surface area contributed by atoms with Crippen LogP contribution in [0.3, 0.4) is 0 Å². The minimum atomic E-state index is -0.319. The Hall–Kier alpha value is -3.05. The van der Waals surface area contributed by atoms with Gasteiger partial charge in [0.2, 0.25) is 0 Å². The van der Waals surface area contributed by atoms with Gasteiger partial charge in [-0.15, -0.1) is 22.7 Å². The summed E-state index contributed by atoms with van der Waals surface area (Å²) in [5, 5.41) is 10.6. The summed E-state index contributed by atoms with van der Waals surface area (Å²) >= 11 is 2.82. The summed E-state index contributed by atoms with van der Waals surface area (Å²) in [6, 6.07) is 7.52. The monoisotopic (exact) mass is 498 g/mol. The van der Waals surface area contributed by atoms with Crippen LogP contribution >= 0.6 is 22.7 Å². The van der Waals surface area contributed by atoms with Gasteiger partial charge in [-0.2, -0.15) is 0 Å². The molecule has 1 fully saturated rings. The van der Waals surface area contributed by atoms with Crippen molar-refractivity contribution in [1.29, 1.82) is 0 Å². The molecule has 1 N–H and O–H groups in total. The Bertz CT molecular complexity index is 1110. The van der Waals surface area contributed by atoms with Gasteiger partial charge in [-0.25, -0.2) is 14.8 Å². The first kappa shape index (κ1) is 25.6. The smallest absolute Gasteiger partial charge is 0.349 e. The predicted molar refractivity (Wildman–Crippen MR) is 133 cm³/mol. The highest BCUT2D eigenvalue weighted by Crippen LogP contribution is 2.25. The number of ether oxygens (including phenoxy) is 2. The fourth-order valence-electron chi connectivity index (χ4n) is 2.72. The first-order chi connectivity index (χ1) is 16.7. The van der Waals surface area contributed by atoms with Crippen molar-refractivity contribution >= 4 is 28.6 Å². The topological polar surface area (TPSA) is 107 Å². The molecule has 0 saturated carbocycles. The number of rotatable bonds is 5. The van der Waals surface area contributed by atoms with Crippen molar-refractivity contribution in [1.82, 2.24) is 19.9 Å². The molecule has 4 aromatic rings. The normalized spacial score (nSPS) is 12.2. The molecule has 1 aliphatic rings. The van der Waals surface area contributed by atoms with Crippen molar-refractivity contribution in [2.24, 2.45) is 0 Å². The van der Waals surface area contributed by atoms with Gasteiger partial charge in [0.1, 0.15) is 14.9 Å². The van der Waals surface area contributed by atoms with Crippen molar-refractivity contribution in [2.75, 3.05) is 19.8 Å². The first-order valence-electron chi connectivity index (χ1n) is 10.8. The molecule has 5 heterocycles. The number of carbonyl (C=O) groups is 1. The van der Waals surface area contributed by atoms with Gasteiger partial charge in [0.05, 0.1) is 24.3 Å². The third-order valence-electron chi connectivity index (χ3n) is 4.37. The number of aliphatic hydroxyl groups is 1. The van der Waals surface area contributed by atoms with E-state index in [0.717, 1.165) is 39.2 Å². The molecule has 0 amide bonds. The lowest BCUT2D eigenvalue weighted by Gasteiger charge is -1.96. The van der Waals surface area contributed by atoms with E-state index in [4.69, 9.17) is 14.6 Å². The summed E-state index contributed by atoms with van der Waals surface area (Å²) in [5.74, 6) is -0.319. The van der Waals surface area contributed by atoms with Gasteiger partial charge in [-0.3, -0.25) is 9.97 Å². The van der Waals surface area contributed by atoms with Gasteiger partial charge < -0.3 is 14.6 Å². The highest BCUT2D eigenvalue weighted by Gasteiger charge is 2.12. The van der Waals surface area contributed by atoms with Gasteiger partial charge in [-0.05, 0) is 44.0 Å². The zero-order chi connectivity index (χ0) is 24.0. The zero-order valence-electron chi connectivity index (χ0n) is 18.8. The number of carbonyl (C=O) groups excluding carboxylic acids is 1. The van der Waals surface area contributed by atoms with Crippen LogP contribution in [0.4, 0.5) is 0 Å². The average Bonchev–Trinajstić information content (AvgIpc) is 3.69. The largest absolute Gasteiger partial charge is 0.462 e. The molecule has 0 unspecified atom stereocenters. The van der Waals surface area contributed by atoms with E-state index < -0.39 is 0 Å². The Kier molecular flexibility index (Phi) is 10.7. The number of aromatic nitrogens is 4. The molecular weight excluding hydrogens is 472 g/mol. The lowest BCUT2D eigenvalue weighted by Crippen LogP contribution is -2.01. The van der Waals surface area contributed by atoms with Crippen LogP contribution in [0.5, 0.6) is 0 Å². The molecule has 0 radical (unpaired) electrons. The number of nitrogens with zero attached hydrogens (tertiary/aromatic N) is 4.